The van der Waals surface area contributed by atoms with Gasteiger partial charge in [0.1, 0.15) is 0 Å². The molecule has 0 bridgehead atoms. The molecule has 1 saturated carbocycles. The van der Waals surface area contributed by atoms with Gasteiger partial charge in [0.2, 0.25) is 5.89 Å². The highest BCUT2D eigenvalue weighted by Crippen LogP contribution is 2.63. The van der Waals surface area contributed by atoms with Crippen LogP contribution in [0.15, 0.2) is 4.52 Å². The second-order valence-electron chi connectivity index (χ2n) is 4.29. The van der Waals surface area contributed by atoms with Crippen LogP contribution >= 0.6 is 0 Å². The molecular formula is C9H12N2O3. The number of rotatable bonds is 2. The molecule has 0 amide bonds. The first-order chi connectivity index (χ1) is 6.44. The van der Waals surface area contributed by atoms with Crippen molar-refractivity contribution in [3.63, 3.8) is 0 Å². The largest absolute Gasteiger partial charge is 0.481 e. The van der Waals surface area contributed by atoms with E-state index in [-0.39, 0.29) is 11.3 Å². The van der Waals surface area contributed by atoms with E-state index in [0.29, 0.717) is 11.7 Å². The van der Waals surface area contributed by atoms with E-state index in [9.17, 15) is 4.79 Å². The van der Waals surface area contributed by atoms with Gasteiger partial charge in [-0.2, -0.15) is 4.98 Å². The molecule has 1 fully saturated rings. The average Bonchev–Trinajstić information content (AvgIpc) is 2.42. The first kappa shape index (κ1) is 9.18. The third-order valence-electron chi connectivity index (χ3n) is 2.90. The second-order valence-corrected chi connectivity index (χ2v) is 4.29. The molecule has 0 spiro atoms. The van der Waals surface area contributed by atoms with E-state index >= 15 is 0 Å². The van der Waals surface area contributed by atoms with E-state index < -0.39 is 11.9 Å². The average molecular weight is 196 g/mol. The maximum absolute atomic E-state index is 10.9. The lowest BCUT2D eigenvalue weighted by Crippen LogP contribution is -2.03. The first-order valence-corrected chi connectivity index (χ1v) is 4.47. The van der Waals surface area contributed by atoms with Crippen LogP contribution in [0.25, 0.3) is 0 Å². The van der Waals surface area contributed by atoms with Crippen molar-refractivity contribution in [2.75, 3.05) is 0 Å². The quantitative estimate of drug-likeness (QED) is 0.769. The van der Waals surface area contributed by atoms with Gasteiger partial charge < -0.3 is 9.63 Å². The fraction of sp³-hybridized carbons (Fsp3) is 0.667. The van der Waals surface area contributed by atoms with Gasteiger partial charge in [0.25, 0.3) is 0 Å². The Morgan fingerprint density at radius 2 is 2.21 bits per heavy atom. The zero-order chi connectivity index (χ0) is 10.5. The Bertz CT molecular complexity index is 383. The van der Waals surface area contributed by atoms with Crippen molar-refractivity contribution in [3.05, 3.63) is 11.7 Å². The Kier molecular flexibility index (Phi) is 1.68. The van der Waals surface area contributed by atoms with Crippen molar-refractivity contribution in [1.29, 1.82) is 0 Å². The van der Waals surface area contributed by atoms with Crippen molar-refractivity contribution in [2.45, 2.75) is 26.7 Å². The number of aromatic nitrogens is 2. The Labute approximate surface area is 81.1 Å². The Morgan fingerprint density at radius 3 is 2.57 bits per heavy atom. The number of carbonyl (C=O) groups is 1. The van der Waals surface area contributed by atoms with Gasteiger partial charge in [0.15, 0.2) is 5.82 Å². The van der Waals surface area contributed by atoms with E-state index in [2.05, 4.69) is 10.1 Å². The highest BCUT2D eigenvalue weighted by molar-refractivity contribution is 5.77. The molecule has 1 N–H and O–H groups in total. The molecule has 5 nitrogen and oxygen atoms in total. The number of carboxylic acids is 1. The zero-order valence-electron chi connectivity index (χ0n) is 8.31. The molecule has 0 unspecified atom stereocenters. The number of hydrogen-bond donors (Lipinski definition) is 1. The van der Waals surface area contributed by atoms with Crippen LogP contribution in [0.4, 0.5) is 0 Å². The van der Waals surface area contributed by atoms with Crippen LogP contribution in [0.1, 0.15) is 31.5 Å². The SMILES string of the molecule is Cc1noc([C@@H]2[C@H](C(=O)O)C2(C)C)n1. The highest BCUT2D eigenvalue weighted by Gasteiger charge is 2.65. The summed E-state index contributed by atoms with van der Waals surface area (Å²) in [7, 11) is 0. The number of carboxylic acid groups (broad SMARTS) is 1. The van der Waals surface area contributed by atoms with Crippen molar-refractivity contribution >= 4 is 5.97 Å². The topological polar surface area (TPSA) is 76.2 Å². The third kappa shape index (κ3) is 1.12. The Morgan fingerprint density at radius 1 is 1.57 bits per heavy atom. The molecule has 0 aromatic carbocycles. The fourth-order valence-electron chi connectivity index (χ4n) is 2.00. The molecule has 1 aliphatic carbocycles. The maximum Gasteiger partial charge on any atom is 0.307 e. The summed E-state index contributed by atoms with van der Waals surface area (Å²) in [5, 5.41) is 12.6. The van der Waals surface area contributed by atoms with Crippen LogP contribution in [0.3, 0.4) is 0 Å². The van der Waals surface area contributed by atoms with E-state index in [1.54, 1.807) is 6.92 Å². The lowest BCUT2D eigenvalue weighted by Gasteiger charge is -1.96. The molecule has 1 aromatic heterocycles. The minimum Gasteiger partial charge on any atom is -0.481 e. The number of aliphatic carboxylic acids is 1. The third-order valence-corrected chi connectivity index (χ3v) is 2.90. The summed E-state index contributed by atoms with van der Waals surface area (Å²) < 4.78 is 4.98. The van der Waals surface area contributed by atoms with Crippen molar-refractivity contribution in [2.24, 2.45) is 11.3 Å². The monoisotopic (exact) mass is 196 g/mol. The zero-order valence-corrected chi connectivity index (χ0v) is 8.31. The van der Waals surface area contributed by atoms with Crippen LogP contribution in [0.5, 0.6) is 0 Å². The molecule has 5 heteroatoms. The molecule has 0 saturated heterocycles. The second kappa shape index (κ2) is 2.56. The van der Waals surface area contributed by atoms with Gasteiger partial charge in [0.05, 0.1) is 11.8 Å². The van der Waals surface area contributed by atoms with Crippen LogP contribution < -0.4 is 0 Å². The van der Waals surface area contributed by atoms with E-state index in [0.717, 1.165) is 0 Å². The summed E-state index contributed by atoms with van der Waals surface area (Å²) in [5.74, 6) is -0.342. The predicted octanol–water partition coefficient (Wildman–Crippen LogP) is 1.20. The molecule has 76 valence electrons. The van der Waals surface area contributed by atoms with E-state index in [4.69, 9.17) is 9.63 Å². The summed E-state index contributed by atoms with van der Waals surface area (Å²) in [4.78, 5) is 14.9. The van der Waals surface area contributed by atoms with Crippen LogP contribution in [-0.2, 0) is 4.79 Å². The Balaban J connectivity index is 2.27. The summed E-state index contributed by atoms with van der Waals surface area (Å²) in [6.45, 7) is 5.52. The summed E-state index contributed by atoms with van der Waals surface area (Å²) in [5.41, 5.74) is -0.273. The maximum atomic E-state index is 10.9. The van der Waals surface area contributed by atoms with E-state index in [1.165, 1.54) is 0 Å². The normalized spacial score (nSPS) is 28.8. The number of nitrogens with zero attached hydrogens (tertiary/aromatic N) is 2. The van der Waals surface area contributed by atoms with Gasteiger partial charge in [-0.05, 0) is 12.3 Å². The Hall–Kier alpha value is -1.39. The van der Waals surface area contributed by atoms with Gasteiger partial charge in [0, 0.05) is 0 Å². The molecule has 2 rings (SSSR count). The molecule has 0 aliphatic heterocycles. The molecule has 1 aromatic rings. The van der Waals surface area contributed by atoms with Crippen molar-refractivity contribution in [1.82, 2.24) is 10.1 Å². The lowest BCUT2D eigenvalue weighted by molar-refractivity contribution is -0.139. The molecule has 0 radical (unpaired) electrons. The number of aryl methyl sites for hydroxylation is 1. The number of hydrogen-bond acceptors (Lipinski definition) is 4. The molecule has 14 heavy (non-hydrogen) atoms. The van der Waals surface area contributed by atoms with Crippen LogP contribution in [-0.4, -0.2) is 21.2 Å². The van der Waals surface area contributed by atoms with Crippen molar-refractivity contribution < 1.29 is 14.4 Å². The molecular weight excluding hydrogens is 184 g/mol. The van der Waals surface area contributed by atoms with Gasteiger partial charge in [-0.25, -0.2) is 0 Å². The molecule has 1 aliphatic rings. The van der Waals surface area contributed by atoms with Gasteiger partial charge in [-0.3, -0.25) is 4.79 Å². The minimum atomic E-state index is -0.796. The van der Waals surface area contributed by atoms with E-state index in [1.807, 2.05) is 13.8 Å². The van der Waals surface area contributed by atoms with Crippen LogP contribution in [0, 0.1) is 18.3 Å². The van der Waals surface area contributed by atoms with Gasteiger partial charge in [-0.15, -0.1) is 0 Å². The van der Waals surface area contributed by atoms with Crippen LogP contribution in [0.2, 0.25) is 0 Å². The first-order valence-electron chi connectivity index (χ1n) is 4.47. The van der Waals surface area contributed by atoms with Gasteiger partial charge >= 0.3 is 5.97 Å². The minimum absolute atomic E-state index is 0.138. The standard InChI is InChI=1S/C9H12N2O3/c1-4-10-7(14-11-4)5-6(8(12)13)9(5,2)3/h5-6H,1-3H3,(H,12,13)/t5-,6+/m0/s1. The molecule has 2 atom stereocenters. The lowest BCUT2D eigenvalue weighted by atomic mass is 10.1. The predicted molar refractivity (Wildman–Crippen MR) is 46.7 cm³/mol. The summed E-state index contributed by atoms with van der Waals surface area (Å²) in [6.07, 6.45) is 0. The fourth-order valence-corrected chi connectivity index (χ4v) is 2.00. The summed E-state index contributed by atoms with van der Waals surface area (Å²) in [6, 6.07) is 0. The van der Waals surface area contributed by atoms with Gasteiger partial charge in [-0.1, -0.05) is 19.0 Å². The highest BCUT2D eigenvalue weighted by atomic mass is 16.5. The molecule has 1 heterocycles. The summed E-state index contributed by atoms with van der Waals surface area (Å²) >= 11 is 0. The smallest absolute Gasteiger partial charge is 0.307 e. The van der Waals surface area contributed by atoms with Crippen molar-refractivity contribution in [3.8, 4) is 0 Å².